The molecule has 0 atom stereocenters. The molecule has 0 rings (SSSR count). The van der Waals surface area contributed by atoms with Crippen LogP contribution in [0.15, 0.2) is 0 Å². The Balaban J connectivity index is 0. The molecule has 0 aromatic heterocycles. The first kappa shape index (κ1) is 26.2. The van der Waals surface area contributed by atoms with Crippen LogP contribution >= 0.6 is 0 Å². The Morgan fingerprint density at radius 2 is 1.25 bits per heavy atom. The minimum absolute atomic E-state index is 0. The second kappa shape index (κ2) is 16.1. The molecule has 0 spiro atoms. The van der Waals surface area contributed by atoms with Crippen molar-refractivity contribution in [3.8, 4) is 0 Å². The summed E-state index contributed by atoms with van der Waals surface area (Å²) in [5, 5.41) is 0. The van der Waals surface area contributed by atoms with Crippen molar-refractivity contribution in [1.82, 2.24) is 0 Å². The van der Waals surface area contributed by atoms with Crippen LogP contribution in [0, 0.1) is 0 Å². The van der Waals surface area contributed by atoms with Crippen molar-refractivity contribution < 1.29 is 109 Å². The van der Waals surface area contributed by atoms with E-state index >= 15 is 0 Å². The van der Waals surface area contributed by atoms with Gasteiger partial charge >= 0.3 is 51.4 Å². The second-order valence-corrected chi connectivity index (χ2v) is 0. The fourth-order valence-electron chi connectivity index (χ4n) is 0. The van der Waals surface area contributed by atoms with E-state index in [-0.39, 0.29) is 109 Å². The topological polar surface area (TPSA) is 0 Å². The largest absolute Gasteiger partial charge is 1.00 e. The summed E-state index contributed by atoms with van der Waals surface area (Å²) in [6.45, 7) is 0. The molecule has 0 fully saturated rings. The molecule has 0 amide bonds. The van der Waals surface area contributed by atoms with Gasteiger partial charge in [0.25, 0.3) is 0 Å². The summed E-state index contributed by atoms with van der Waals surface area (Å²) in [7, 11) is 0. The summed E-state index contributed by atoms with van der Waals surface area (Å²) in [6.07, 6.45) is 0. The Labute approximate surface area is 106 Å². The molecule has 0 aliphatic rings. The molecule has 0 nitrogen and oxygen atoms in total. The molecule has 4 heteroatoms. The molecule has 0 aromatic carbocycles. The predicted molar refractivity (Wildman–Crippen MR) is 1.11 cm³/mol. The van der Waals surface area contributed by atoms with E-state index in [1.54, 1.807) is 0 Å². The zero-order chi connectivity index (χ0) is 0. The van der Waals surface area contributed by atoms with Crippen molar-refractivity contribution >= 4 is 0 Å². The Hall–Kier alpha value is 3.40. The molecule has 0 N–H and O–H groups in total. The van der Waals surface area contributed by atoms with E-state index in [4.69, 9.17) is 0 Å². The van der Waals surface area contributed by atoms with E-state index < -0.39 is 0 Å². The SMILES string of the molecule is [Cr].[H-].[K+].[Mn].[Ti]. The maximum atomic E-state index is 0. The molecule has 19 valence electrons. The van der Waals surface area contributed by atoms with Gasteiger partial charge in [0.15, 0.2) is 0 Å². The van der Waals surface area contributed by atoms with Crippen LogP contribution in [0.1, 0.15) is 1.43 Å². The molecule has 0 aliphatic heterocycles. The standard InChI is InChI=1S/Cr.K.Mn.Ti.H/q;+1;;;-1. The van der Waals surface area contributed by atoms with Crippen molar-refractivity contribution in [2.75, 3.05) is 0 Å². The predicted octanol–water partition coefficient (Wildman–Crippen LogP) is -2.89. The van der Waals surface area contributed by atoms with Gasteiger partial charge < -0.3 is 1.43 Å². The molecule has 0 aromatic rings. The van der Waals surface area contributed by atoms with Crippen molar-refractivity contribution in [1.29, 1.82) is 0 Å². The quantitative estimate of drug-likeness (QED) is 0.364. The molecule has 1 radical (unpaired) electrons. The summed E-state index contributed by atoms with van der Waals surface area (Å²) < 4.78 is 0. The zero-order valence-electron chi connectivity index (χ0n) is 3.29. The first-order valence-corrected chi connectivity index (χ1v) is 0. The molecular formula is HCrKMnTi. The van der Waals surface area contributed by atoms with Crippen LogP contribution in [0.25, 0.3) is 0 Å². The fraction of sp³-hybridized carbons (Fsp3) is 0. The van der Waals surface area contributed by atoms with E-state index in [1.807, 2.05) is 0 Å². The van der Waals surface area contributed by atoms with Crippen molar-refractivity contribution in [3.05, 3.63) is 0 Å². The fourth-order valence-corrected chi connectivity index (χ4v) is 0. The van der Waals surface area contributed by atoms with Crippen LogP contribution in [0.2, 0.25) is 0 Å². The van der Waals surface area contributed by atoms with E-state index in [0.29, 0.717) is 0 Å². The van der Waals surface area contributed by atoms with Crippen LogP contribution in [0.3, 0.4) is 0 Å². The molecule has 0 aliphatic carbocycles. The van der Waals surface area contributed by atoms with Crippen LogP contribution in [-0.4, -0.2) is 0 Å². The third kappa shape index (κ3) is 9.04. The molecule has 0 saturated carbocycles. The Morgan fingerprint density at radius 1 is 1.25 bits per heavy atom. The maximum Gasteiger partial charge on any atom is 1.00 e. The summed E-state index contributed by atoms with van der Waals surface area (Å²) in [5.41, 5.74) is 0. The van der Waals surface area contributed by atoms with Gasteiger partial charge in [-0.2, -0.15) is 0 Å². The van der Waals surface area contributed by atoms with Crippen LogP contribution < -0.4 is 51.4 Å². The Bertz CT molecular complexity index is 11.6. The van der Waals surface area contributed by atoms with Gasteiger partial charge in [-0.15, -0.1) is 0 Å². The van der Waals surface area contributed by atoms with Crippen molar-refractivity contribution in [2.45, 2.75) is 0 Å². The third-order valence-electron chi connectivity index (χ3n) is 0. The third-order valence-corrected chi connectivity index (χ3v) is 0. The van der Waals surface area contributed by atoms with Crippen molar-refractivity contribution in [3.63, 3.8) is 0 Å². The summed E-state index contributed by atoms with van der Waals surface area (Å²) in [6, 6.07) is 0. The first-order chi connectivity index (χ1) is 0. The Morgan fingerprint density at radius 3 is 1.25 bits per heavy atom. The zero-order valence-corrected chi connectivity index (χ0v) is 9.43. The Kier molecular flexibility index (Phi) is 106. The summed E-state index contributed by atoms with van der Waals surface area (Å²) in [5.74, 6) is 0. The van der Waals surface area contributed by atoms with E-state index in [1.165, 1.54) is 0 Å². The van der Waals surface area contributed by atoms with Gasteiger partial charge in [-0.05, 0) is 0 Å². The molecule has 0 saturated heterocycles. The minimum Gasteiger partial charge on any atom is -1.00 e. The average molecular weight is 195 g/mol. The molecule has 0 heterocycles. The summed E-state index contributed by atoms with van der Waals surface area (Å²) >= 11 is 0. The maximum absolute atomic E-state index is 0. The minimum atomic E-state index is 0. The van der Waals surface area contributed by atoms with Gasteiger partial charge in [0.05, 0.1) is 0 Å². The molecule has 0 bridgehead atoms. The van der Waals surface area contributed by atoms with Crippen molar-refractivity contribution in [2.24, 2.45) is 0 Å². The van der Waals surface area contributed by atoms with E-state index in [2.05, 4.69) is 0 Å². The first-order valence-electron chi connectivity index (χ1n) is 0. The van der Waals surface area contributed by atoms with E-state index in [9.17, 15) is 0 Å². The molecular weight excluding hydrogens is 194 g/mol. The molecule has 0 unspecified atom stereocenters. The van der Waals surface area contributed by atoms with Crippen LogP contribution in [0.5, 0.6) is 0 Å². The van der Waals surface area contributed by atoms with Gasteiger partial charge in [-0.25, -0.2) is 0 Å². The van der Waals surface area contributed by atoms with Gasteiger partial charge in [0.2, 0.25) is 0 Å². The smallest absolute Gasteiger partial charge is 1.00 e. The number of rotatable bonds is 0. The van der Waals surface area contributed by atoms with Gasteiger partial charge in [0.1, 0.15) is 0 Å². The van der Waals surface area contributed by atoms with Crippen LogP contribution in [-0.2, 0) is 56.1 Å². The number of hydrogen-bond acceptors (Lipinski definition) is 0. The normalized spacial score (nSPS) is 0. The van der Waals surface area contributed by atoms with Gasteiger partial charge in [-0.1, -0.05) is 0 Å². The van der Waals surface area contributed by atoms with Crippen LogP contribution in [0.4, 0.5) is 0 Å². The monoisotopic (exact) mass is 195 g/mol. The average Bonchev–Trinajstić information content (AvgIpc) is 0. The summed E-state index contributed by atoms with van der Waals surface area (Å²) in [4.78, 5) is 0. The molecule has 4 heavy (non-hydrogen) atoms. The second-order valence-electron chi connectivity index (χ2n) is 0. The van der Waals surface area contributed by atoms with E-state index in [0.717, 1.165) is 0 Å². The van der Waals surface area contributed by atoms with Gasteiger partial charge in [-0.3, -0.25) is 0 Å². The number of hydrogen-bond donors (Lipinski definition) is 0. The van der Waals surface area contributed by atoms with Gasteiger partial charge in [0, 0.05) is 56.1 Å².